The molecule has 0 aliphatic rings. The molecule has 0 bridgehead atoms. The van der Waals surface area contributed by atoms with Gasteiger partial charge in [-0.1, -0.05) is 20.8 Å². The van der Waals surface area contributed by atoms with Crippen molar-refractivity contribution in [1.29, 1.82) is 0 Å². The first-order valence-electron chi connectivity index (χ1n) is 4.88. The van der Waals surface area contributed by atoms with Crippen LogP contribution in [0.3, 0.4) is 0 Å². The van der Waals surface area contributed by atoms with Crippen LogP contribution in [0.5, 0.6) is 0 Å². The van der Waals surface area contributed by atoms with Gasteiger partial charge in [0.05, 0.1) is 5.60 Å². The molecule has 1 atom stereocenters. The van der Waals surface area contributed by atoms with Crippen LogP contribution < -0.4 is 5.73 Å². The van der Waals surface area contributed by atoms with Gasteiger partial charge in [0.2, 0.25) is 0 Å². The molecule has 0 fully saturated rings. The molecule has 0 heterocycles. The van der Waals surface area contributed by atoms with E-state index in [1.165, 1.54) is 0 Å². The highest BCUT2D eigenvalue weighted by Gasteiger charge is 2.19. The molecule has 12 heavy (non-hydrogen) atoms. The van der Waals surface area contributed by atoms with E-state index in [2.05, 4.69) is 27.7 Å². The zero-order valence-corrected chi connectivity index (χ0v) is 8.89. The van der Waals surface area contributed by atoms with E-state index >= 15 is 0 Å². The zero-order chi connectivity index (χ0) is 9.61. The van der Waals surface area contributed by atoms with E-state index in [-0.39, 0.29) is 5.60 Å². The Morgan fingerprint density at radius 3 is 2.33 bits per heavy atom. The second-order valence-corrected chi connectivity index (χ2v) is 4.04. The summed E-state index contributed by atoms with van der Waals surface area (Å²) in [5.41, 5.74) is 5.51. The smallest absolute Gasteiger partial charge is 0.0773 e. The van der Waals surface area contributed by atoms with Gasteiger partial charge in [-0.05, 0) is 25.7 Å². The summed E-state index contributed by atoms with van der Waals surface area (Å²) in [6.07, 6.45) is 2.11. The van der Waals surface area contributed by atoms with E-state index in [0.29, 0.717) is 12.5 Å². The summed E-state index contributed by atoms with van der Waals surface area (Å²) >= 11 is 0. The average molecular weight is 173 g/mol. The van der Waals surface area contributed by atoms with Crippen LogP contribution in [0.15, 0.2) is 0 Å². The summed E-state index contributed by atoms with van der Waals surface area (Å²) in [5, 5.41) is 0. The van der Waals surface area contributed by atoms with Crippen LogP contribution in [0.25, 0.3) is 0 Å². The van der Waals surface area contributed by atoms with Crippen molar-refractivity contribution in [1.82, 2.24) is 0 Å². The molecule has 0 rings (SSSR count). The molecule has 2 nitrogen and oxygen atoms in total. The van der Waals surface area contributed by atoms with Gasteiger partial charge >= 0.3 is 0 Å². The highest BCUT2D eigenvalue weighted by molar-refractivity contribution is 4.73. The fraction of sp³-hybridized carbons (Fsp3) is 1.00. The monoisotopic (exact) mass is 173 g/mol. The van der Waals surface area contributed by atoms with Gasteiger partial charge in [-0.25, -0.2) is 0 Å². The van der Waals surface area contributed by atoms with Crippen LogP contribution in [-0.2, 0) is 4.74 Å². The lowest BCUT2D eigenvalue weighted by molar-refractivity contribution is -0.0315. The van der Waals surface area contributed by atoms with Gasteiger partial charge in [-0.3, -0.25) is 0 Å². The maximum atomic E-state index is 5.71. The molecule has 0 amide bonds. The van der Waals surface area contributed by atoms with Gasteiger partial charge in [0.15, 0.2) is 0 Å². The Labute approximate surface area is 76.5 Å². The van der Waals surface area contributed by atoms with Crippen molar-refractivity contribution in [2.45, 2.75) is 46.1 Å². The molecule has 0 aromatic heterocycles. The minimum Gasteiger partial charge on any atom is -0.374 e. The van der Waals surface area contributed by atoms with Crippen molar-refractivity contribution < 1.29 is 4.74 Å². The first-order chi connectivity index (χ1) is 5.54. The molecular weight excluding hydrogens is 150 g/mol. The normalized spacial score (nSPS) is 16.5. The SMILES string of the molecule is CCC(C)(CN)OCCC(C)C. The number of hydrogen-bond acceptors (Lipinski definition) is 2. The molecule has 0 spiro atoms. The summed E-state index contributed by atoms with van der Waals surface area (Å²) in [6.45, 7) is 10.0. The highest BCUT2D eigenvalue weighted by Crippen LogP contribution is 2.14. The summed E-state index contributed by atoms with van der Waals surface area (Å²) in [7, 11) is 0. The molecule has 0 aliphatic carbocycles. The Balaban J connectivity index is 3.58. The van der Waals surface area contributed by atoms with Gasteiger partial charge in [-0.2, -0.15) is 0 Å². The van der Waals surface area contributed by atoms with Crippen LogP contribution in [-0.4, -0.2) is 18.8 Å². The number of rotatable bonds is 6. The Hall–Kier alpha value is -0.0800. The maximum absolute atomic E-state index is 5.71. The topological polar surface area (TPSA) is 35.2 Å². The summed E-state index contributed by atoms with van der Waals surface area (Å²) in [6, 6.07) is 0. The van der Waals surface area contributed by atoms with E-state index in [0.717, 1.165) is 19.4 Å². The van der Waals surface area contributed by atoms with Gasteiger partial charge < -0.3 is 10.5 Å². The average Bonchev–Trinajstić information content (AvgIpc) is 2.03. The molecule has 0 aliphatic heterocycles. The van der Waals surface area contributed by atoms with E-state index in [4.69, 9.17) is 10.5 Å². The van der Waals surface area contributed by atoms with Gasteiger partial charge in [0.1, 0.15) is 0 Å². The minimum atomic E-state index is -0.102. The fourth-order valence-electron chi connectivity index (χ4n) is 0.846. The summed E-state index contributed by atoms with van der Waals surface area (Å²) in [5.74, 6) is 0.712. The van der Waals surface area contributed by atoms with Crippen molar-refractivity contribution >= 4 is 0 Å². The van der Waals surface area contributed by atoms with Gasteiger partial charge in [0, 0.05) is 13.2 Å². The molecule has 74 valence electrons. The van der Waals surface area contributed by atoms with Crippen LogP contribution >= 0.6 is 0 Å². The van der Waals surface area contributed by atoms with Crippen molar-refractivity contribution in [2.24, 2.45) is 11.7 Å². The Morgan fingerprint density at radius 2 is 2.00 bits per heavy atom. The lowest BCUT2D eigenvalue weighted by Gasteiger charge is -2.27. The van der Waals surface area contributed by atoms with Crippen molar-refractivity contribution in [3.8, 4) is 0 Å². The molecular formula is C10H23NO. The van der Waals surface area contributed by atoms with E-state index < -0.39 is 0 Å². The predicted molar refractivity (Wildman–Crippen MR) is 53.2 cm³/mol. The van der Waals surface area contributed by atoms with Crippen LogP contribution in [0.2, 0.25) is 0 Å². The second-order valence-electron chi connectivity index (χ2n) is 4.04. The zero-order valence-electron chi connectivity index (χ0n) is 8.89. The third-order valence-electron chi connectivity index (χ3n) is 2.33. The van der Waals surface area contributed by atoms with Crippen molar-refractivity contribution in [3.05, 3.63) is 0 Å². The predicted octanol–water partition coefficient (Wildman–Crippen LogP) is 2.18. The molecule has 0 radical (unpaired) electrons. The Kier molecular flexibility index (Phi) is 5.51. The molecule has 0 aromatic rings. The Bertz CT molecular complexity index is 108. The van der Waals surface area contributed by atoms with Gasteiger partial charge in [-0.15, -0.1) is 0 Å². The summed E-state index contributed by atoms with van der Waals surface area (Å²) < 4.78 is 5.71. The summed E-state index contributed by atoms with van der Waals surface area (Å²) in [4.78, 5) is 0. The van der Waals surface area contributed by atoms with Crippen molar-refractivity contribution in [3.63, 3.8) is 0 Å². The lowest BCUT2D eigenvalue weighted by atomic mass is 10.0. The standard InChI is InChI=1S/C10H23NO/c1-5-10(4,8-11)12-7-6-9(2)3/h9H,5-8,11H2,1-4H3. The molecule has 0 aromatic carbocycles. The van der Waals surface area contributed by atoms with Crippen LogP contribution in [0.1, 0.15) is 40.5 Å². The molecule has 1 unspecified atom stereocenters. The van der Waals surface area contributed by atoms with E-state index in [9.17, 15) is 0 Å². The van der Waals surface area contributed by atoms with E-state index in [1.807, 2.05) is 0 Å². The molecule has 2 heteroatoms. The number of hydrogen-bond donors (Lipinski definition) is 1. The van der Waals surface area contributed by atoms with Crippen LogP contribution in [0.4, 0.5) is 0 Å². The number of nitrogens with two attached hydrogens (primary N) is 1. The second kappa shape index (κ2) is 5.55. The number of ether oxygens (including phenoxy) is 1. The molecule has 2 N–H and O–H groups in total. The Morgan fingerprint density at radius 1 is 1.42 bits per heavy atom. The maximum Gasteiger partial charge on any atom is 0.0773 e. The largest absolute Gasteiger partial charge is 0.374 e. The van der Waals surface area contributed by atoms with Gasteiger partial charge in [0.25, 0.3) is 0 Å². The molecule has 0 saturated carbocycles. The fourth-order valence-corrected chi connectivity index (χ4v) is 0.846. The third kappa shape index (κ3) is 4.73. The van der Waals surface area contributed by atoms with Crippen LogP contribution in [0, 0.1) is 5.92 Å². The lowest BCUT2D eigenvalue weighted by Crippen LogP contribution is -2.37. The van der Waals surface area contributed by atoms with E-state index in [1.54, 1.807) is 0 Å². The minimum absolute atomic E-state index is 0.102. The third-order valence-corrected chi connectivity index (χ3v) is 2.33. The quantitative estimate of drug-likeness (QED) is 0.668. The first-order valence-corrected chi connectivity index (χ1v) is 4.88. The highest BCUT2D eigenvalue weighted by atomic mass is 16.5. The van der Waals surface area contributed by atoms with Crippen molar-refractivity contribution in [2.75, 3.05) is 13.2 Å². The first kappa shape index (κ1) is 11.9. The molecule has 0 saturated heterocycles.